The molecule has 4 rings (SSSR count). The minimum absolute atomic E-state index is 0.258. The Kier molecular flexibility index (Phi) is 5.78. The molecule has 4 heteroatoms. The SMILES string of the molecule is CCCCOc1cccc2c1[C@]13CCN(CC(C)C)[C@H](C2)[C@]1(OC)CCC(=O)C3. The maximum absolute atomic E-state index is 12.8. The molecule has 29 heavy (non-hydrogen) atoms. The first-order valence-corrected chi connectivity index (χ1v) is 11.5. The number of unbranched alkanes of at least 4 members (excludes halogenated alkanes) is 1. The van der Waals surface area contributed by atoms with Crippen LogP contribution in [0.25, 0.3) is 0 Å². The minimum atomic E-state index is -0.300. The molecule has 2 aliphatic carbocycles. The van der Waals surface area contributed by atoms with E-state index in [4.69, 9.17) is 9.47 Å². The number of benzene rings is 1. The summed E-state index contributed by atoms with van der Waals surface area (Å²) < 4.78 is 12.8. The van der Waals surface area contributed by atoms with Crippen LogP contribution in [0, 0.1) is 5.92 Å². The molecule has 1 heterocycles. The molecule has 1 saturated heterocycles. The molecule has 0 amide bonds. The van der Waals surface area contributed by atoms with Crippen LogP contribution in [0.1, 0.15) is 70.4 Å². The molecule has 0 spiro atoms. The van der Waals surface area contributed by atoms with Crippen molar-refractivity contribution in [2.24, 2.45) is 5.92 Å². The summed E-state index contributed by atoms with van der Waals surface area (Å²) in [6.07, 6.45) is 6.17. The lowest BCUT2D eigenvalue weighted by atomic mass is 9.49. The number of likely N-dealkylation sites (tertiary alicyclic amines) is 1. The number of ether oxygens (including phenoxy) is 2. The molecule has 0 radical (unpaired) electrons. The fourth-order valence-electron chi connectivity index (χ4n) is 6.49. The van der Waals surface area contributed by atoms with Gasteiger partial charge in [0, 0.05) is 43.5 Å². The van der Waals surface area contributed by atoms with Crippen LogP contribution >= 0.6 is 0 Å². The van der Waals surface area contributed by atoms with Gasteiger partial charge in [-0.05, 0) is 49.8 Å². The lowest BCUT2D eigenvalue weighted by Crippen LogP contribution is -2.74. The summed E-state index contributed by atoms with van der Waals surface area (Å²) in [5, 5.41) is 0. The van der Waals surface area contributed by atoms with E-state index in [1.807, 2.05) is 7.11 Å². The molecule has 3 atom stereocenters. The van der Waals surface area contributed by atoms with Crippen LogP contribution in [0.5, 0.6) is 5.75 Å². The molecule has 0 N–H and O–H groups in total. The van der Waals surface area contributed by atoms with Crippen molar-refractivity contribution in [1.29, 1.82) is 0 Å². The van der Waals surface area contributed by atoms with E-state index < -0.39 is 0 Å². The van der Waals surface area contributed by atoms with Crippen LogP contribution in [0.3, 0.4) is 0 Å². The summed E-state index contributed by atoms with van der Waals surface area (Å²) >= 11 is 0. The van der Waals surface area contributed by atoms with Crippen molar-refractivity contribution in [3.05, 3.63) is 29.3 Å². The third-order valence-electron chi connectivity index (χ3n) is 7.61. The molecule has 1 aromatic carbocycles. The molecule has 0 aromatic heterocycles. The molecule has 0 unspecified atom stereocenters. The largest absolute Gasteiger partial charge is 0.493 e. The van der Waals surface area contributed by atoms with E-state index in [2.05, 4.69) is 43.9 Å². The zero-order chi connectivity index (χ0) is 20.6. The maximum atomic E-state index is 12.8. The van der Waals surface area contributed by atoms with E-state index >= 15 is 0 Å². The van der Waals surface area contributed by atoms with Gasteiger partial charge in [0.15, 0.2) is 0 Å². The Morgan fingerprint density at radius 3 is 2.83 bits per heavy atom. The van der Waals surface area contributed by atoms with Gasteiger partial charge < -0.3 is 9.47 Å². The Bertz CT molecular complexity index is 760. The van der Waals surface area contributed by atoms with Gasteiger partial charge in [-0.15, -0.1) is 0 Å². The number of methoxy groups -OCH3 is 1. The highest BCUT2D eigenvalue weighted by Crippen LogP contribution is 2.60. The molecule has 1 aromatic rings. The van der Waals surface area contributed by atoms with E-state index in [9.17, 15) is 4.79 Å². The van der Waals surface area contributed by atoms with Gasteiger partial charge in [0.25, 0.3) is 0 Å². The van der Waals surface area contributed by atoms with Gasteiger partial charge in [-0.1, -0.05) is 39.3 Å². The van der Waals surface area contributed by atoms with Crippen LogP contribution in [-0.2, 0) is 21.4 Å². The highest BCUT2D eigenvalue weighted by molar-refractivity contribution is 5.83. The number of piperidine rings is 1. The number of nitrogens with zero attached hydrogens (tertiary/aromatic N) is 1. The molecule has 2 fully saturated rings. The number of ketones is 1. The lowest BCUT2D eigenvalue weighted by molar-refractivity contribution is -0.188. The van der Waals surface area contributed by atoms with Gasteiger partial charge in [-0.3, -0.25) is 9.69 Å². The summed E-state index contributed by atoms with van der Waals surface area (Å²) in [6, 6.07) is 6.83. The normalized spacial score (nSPS) is 31.5. The Morgan fingerprint density at radius 2 is 2.10 bits per heavy atom. The van der Waals surface area contributed by atoms with Gasteiger partial charge >= 0.3 is 0 Å². The van der Waals surface area contributed by atoms with Crippen molar-refractivity contribution >= 4 is 5.78 Å². The molecule has 3 aliphatic rings. The molecule has 1 saturated carbocycles. The first-order valence-electron chi connectivity index (χ1n) is 11.5. The zero-order valence-corrected chi connectivity index (χ0v) is 18.6. The third kappa shape index (κ3) is 3.23. The minimum Gasteiger partial charge on any atom is -0.493 e. The number of hydrogen-bond acceptors (Lipinski definition) is 4. The van der Waals surface area contributed by atoms with Crippen molar-refractivity contribution < 1.29 is 14.3 Å². The first kappa shape index (κ1) is 20.9. The number of carbonyl (C=O) groups is 1. The summed E-state index contributed by atoms with van der Waals surface area (Å²) in [6.45, 7) is 9.63. The third-order valence-corrected chi connectivity index (χ3v) is 7.61. The lowest BCUT2D eigenvalue weighted by Gasteiger charge is -2.65. The van der Waals surface area contributed by atoms with Gasteiger partial charge in [-0.2, -0.15) is 0 Å². The second-order valence-electron chi connectivity index (χ2n) is 9.74. The van der Waals surface area contributed by atoms with Crippen LogP contribution in [0.2, 0.25) is 0 Å². The van der Waals surface area contributed by atoms with Gasteiger partial charge in [-0.25, -0.2) is 0 Å². The average molecular weight is 400 g/mol. The van der Waals surface area contributed by atoms with Crippen molar-refractivity contribution in [2.45, 2.75) is 82.8 Å². The highest BCUT2D eigenvalue weighted by Gasteiger charge is 2.66. The van der Waals surface area contributed by atoms with E-state index in [0.29, 0.717) is 30.6 Å². The van der Waals surface area contributed by atoms with Gasteiger partial charge in [0.2, 0.25) is 0 Å². The van der Waals surface area contributed by atoms with Crippen LogP contribution in [0.15, 0.2) is 18.2 Å². The predicted octanol–water partition coefficient (Wildman–Crippen LogP) is 4.53. The molecule has 1 aliphatic heterocycles. The quantitative estimate of drug-likeness (QED) is 0.632. The van der Waals surface area contributed by atoms with E-state index in [0.717, 1.165) is 57.6 Å². The average Bonchev–Trinajstić information content (AvgIpc) is 2.69. The molecule has 4 nitrogen and oxygen atoms in total. The van der Waals surface area contributed by atoms with E-state index in [1.54, 1.807) is 0 Å². The van der Waals surface area contributed by atoms with Gasteiger partial charge in [0.05, 0.1) is 12.2 Å². The Balaban J connectivity index is 1.85. The Hall–Kier alpha value is -1.39. The van der Waals surface area contributed by atoms with E-state index in [-0.39, 0.29) is 11.0 Å². The van der Waals surface area contributed by atoms with E-state index in [1.165, 1.54) is 11.1 Å². The van der Waals surface area contributed by atoms with Crippen LogP contribution in [-0.4, -0.2) is 49.1 Å². The van der Waals surface area contributed by atoms with Crippen molar-refractivity contribution in [1.82, 2.24) is 4.90 Å². The van der Waals surface area contributed by atoms with Crippen LogP contribution < -0.4 is 4.74 Å². The zero-order valence-electron chi connectivity index (χ0n) is 18.6. The fourth-order valence-corrected chi connectivity index (χ4v) is 6.49. The summed E-state index contributed by atoms with van der Waals surface area (Å²) in [5.41, 5.74) is 2.09. The standard InChI is InChI=1S/C25H37NO3/c1-5-6-14-29-21-9-7-8-19-15-22-25(28-4)11-10-20(27)16-24(25,23(19)21)12-13-26(22)17-18(2)3/h7-9,18,22H,5-6,10-17H2,1-4H3/t22-,24-,25-/m1/s1. The molecule has 2 bridgehead atoms. The Labute approximate surface area is 175 Å². The topological polar surface area (TPSA) is 38.8 Å². The highest BCUT2D eigenvalue weighted by atomic mass is 16.5. The number of hydrogen-bond donors (Lipinski definition) is 0. The molecular formula is C25H37NO3. The second kappa shape index (κ2) is 8.03. The Morgan fingerprint density at radius 1 is 1.28 bits per heavy atom. The number of Topliss-reactive ketones (excluding diaryl/α,β-unsaturated/α-hetero) is 1. The monoisotopic (exact) mass is 399 g/mol. The molecular weight excluding hydrogens is 362 g/mol. The summed E-state index contributed by atoms with van der Waals surface area (Å²) in [7, 11) is 1.88. The van der Waals surface area contributed by atoms with Gasteiger partial charge in [0.1, 0.15) is 11.5 Å². The first-order chi connectivity index (χ1) is 14.0. The number of fused-ring (bicyclic) bond motifs is 1. The second-order valence-corrected chi connectivity index (χ2v) is 9.74. The summed E-state index contributed by atoms with van der Waals surface area (Å²) in [5.74, 6) is 1.99. The van der Waals surface area contributed by atoms with Crippen molar-refractivity contribution in [3.63, 3.8) is 0 Å². The maximum Gasteiger partial charge on any atom is 0.134 e. The van der Waals surface area contributed by atoms with Crippen LogP contribution in [0.4, 0.5) is 0 Å². The van der Waals surface area contributed by atoms with Crippen molar-refractivity contribution in [3.8, 4) is 5.75 Å². The fraction of sp³-hybridized carbons (Fsp3) is 0.720. The number of rotatable bonds is 7. The molecule has 160 valence electrons. The van der Waals surface area contributed by atoms with Crippen molar-refractivity contribution in [2.75, 3.05) is 26.8 Å². The number of carbonyl (C=O) groups excluding carboxylic acids is 1. The summed E-state index contributed by atoms with van der Waals surface area (Å²) in [4.78, 5) is 15.5. The predicted molar refractivity (Wildman–Crippen MR) is 116 cm³/mol. The smallest absolute Gasteiger partial charge is 0.134 e.